The number of likely N-dealkylation sites (tertiary alicyclic amines) is 1. The van der Waals surface area contributed by atoms with E-state index in [9.17, 15) is 5.11 Å². The quantitative estimate of drug-likeness (QED) is 0.655. The van der Waals surface area contributed by atoms with Gasteiger partial charge in [-0.25, -0.2) is 0 Å². The van der Waals surface area contributed by atoms with Gasteiger partial charge in [0.05, 0.1) is 17.1 Å². The average molecular weight is 383 g/mol. The lowest BCUT2D eigenvalue weighted by Gasteiger charge is -2.42. The first-order valence-electron chi connectivity index (χ1n) is 9.73. The molecule has 0 spiro atoms. The summed E-state index contributed by atoms with van der Waals surface area (Å²) in [5.41, 5.74) is 4.78. The molecule has 142 valence electrons. The first-order chi connectivity index (χ1) is 13.1. The topological polar surface area (TPSA) is 39.3 Å². The maximum atomic E-state index is 10.2. The molecular formula is C23H27ClN2O. The summed E-state index contributed by atoms with van der Waals surface area (Å²) in [5.74, 6) is 0. The van der Waals surface area contributed by atoms with Crippen molar-refractivity contribution in [2.45, 2.75) is 32.7 Å². The van der Waals surface area contributed by atoms with Gasteiger partial charge in [0.15, 0.2) is 0 Å². The van der Waals surface area contributed by atoms with Crippen molar-refractivity contribution < 1.29 is 5.11 Å². The van der Waals surface area contributed by atoms with Gasteiger partial charge < -0.3 is 10.1 Å². The number of aromatic amines is 1. The molecule has 0 amide bonds. The van der Waals surface area contributed by atoms with E-state index in [-0.39, 0.29) is 12.0 Å². The summed E-state index contributed by atoms with van der Waals surface area (Å²) in [4.78, 5) is 6.02. The van der Waals surface area contributed by atoms with Crippen molar-refractivity contribution in [2.24, 2.45) is 5.41 Å². The zero-order chi connectivity index (χ0) is 18.9. The molecule has 2 heterocycles. The van der Waals surface area contributed by atoms with Gasteiger partial charge in [0, 0.05) is 29.6 Å². The molecule has 1 saturated heterocycles. The van der Waals surface area contributed by atoms with E-state index in [1.165, 1.54) is 22.2 Å². The van der Waals surface area contributed by atoms with E-state index in [4.69, 9.17) is 11.6 Å². The van der Waals surface area contributed by atoms with Gasteiger partial charge in [-0.2, -0.15) is 0 Å². The summed E-state index contributed by atoms with van der Waals surface area (Å²) in [6.45, 7) is 5.25. The summed E-state index contributed by atoms with van der Waals surface area (Å²) in [5, 5.41) is 12.2. The molecule has 1 atom stereocenters. The van der Waals surface area contributed by atoms with Gasteiger partial charge in [0.2, 0.25) is 0 Å². The number of aliphatic hydroxyl groups excluding tert-OH is 1. The van der Waals surface area contributed by atoms with Crippen LogP contribution in [0, 0.1) is 12.3 Å². The molecule has 0 aliphatic carbocycles. The maximum absolute atomic E-state index is 10.2. The second kappa shape index (κ2) is 7.67. The molecule has 0 saturated carbocycles. The monoisotopic (exact) mass is 382 g/mol. The molecule has 3 aromatic rings. The molecule has 1 aliphatic heterocycles. The summed E-state index contributed by atoms with van der Waals surface area (Å²) in [6.07, 6.45) is 3.12. The smallest absolute Gasteiger partial charge is 0.0648 e. The summed E-state index contributed by atoms with van der Waals surface area (Å²) in [6, 6.07) is 16.6. The van der Waals surface area contributed by atoms with Gasteiger partial charge in [0.1, 0.15) is 0 Å². The van der Waals surface area contributed by atoms with E-state index in [1.54, 1.807) is 0 Å². The van der Waals surface area contributed by atoms with E-state index >= 15 is 0 Å². The second-order valence-electron chi connectivity index (χ2n) is 8.03. The largest absolute Gasteiger partial charge is 0.396 e. The minimum atomic E-state index is -0.0584. The van der Waals surface area contributed by atoms with Gasteiger partial charge in [0.25, 0.3) is 0 Å². The lowest BCUT2D eigenvalue weighted by molar-refractivity contribution is 0.0283. The Kier molecular flexibility index (Phi) is 5.27. The molecule has 2 aromatic carbocycles. The molecule has 1 unspecified atom stereocenters. The Morgan fingerprint density at radius 3 is 2.70 bits per heavy atom. The summed E-state index contributed by atoms with van der Waals surface area (Å²) >= 11 is 6.37. The van der Waals surface area contributed by atoms with Crippen molar-refractivity contribution in [3.63, 3.8) is 0 Å². The number of nitrogens with zero attached hydrogens (tertiary/aromatic N) is 1. The Labute approximate surface area is 166 Å². The molecular weight excluding hydrogens is 356 g/mol. The molecule has 3 nitrogen and oxygen atoms in total. The van der Waals surface area contributed by atoms with Crippen molar-refractivity contribution in [3.8, 4) is 0 Å². The number of benzene rings is 2. The molecule has 0 radical (unpaired) electrons. The highest BCUT2D eigenvalue weighted by Crippen LogP contribution is 2.35. The number of piperidine rings is 1. The van der Waals surface area contributed by atoms with Gasteiger partial charge >= 0.3 is 0 Å². The average Bonchev–Trinajstić information content (AvgIpc) is 3.00. The Balaban J connectivity index is 1.54. The fourth-order valence-corrected chi connectivity index (χ4v) is 4.78. The van der Waals surface area contributed by atoms with Crippen LogP contribution in [0.1, 0.15) is 29.7 Å². The van der Waals surface area contributed by atoms with E-state index in [0.29, 0.717) is 0 Å². The van der Waals surface area contributed by atoms with Crippen molar-refractivity contribution in [3.05, 3.63) is 70.4 Å². The number of fused-ring (bicyclic) bond motifs is 1. The standard InChI is InChI=1S/C23H27ClN2O/c1-17-19-9-5-10-20(24)22(19)25-21(17)14-26-12-6-11-23(15-26,16-27)13-18-7-3-2-4-8-18/h2-5,7-10,25,27H,6,11-16H2,1H3. The van der Waals surface area contributed by atoms with Crippen LogP contribution in [-0.4, -0.2) is 34.7 Å². The predicted octanol–water partition coefficient (Wildman–Crippen LogP) is 4.95. The Morgan fingerprint density at radius 2 is 1.96 bits per heavy atom. The van der Waals surface area contributed by atoms with Gasteiger partial charge in [-0.05, 0) is 49.9 Å². The Bertz CT molecular complexity index is 921. The molecule has 1 aliphatic rings. The highest BCUT2D eigenvalue weighted by Gasteiger charge is 2.35. The van der Waals surface area contributed by atoms with E-state index in [0.717, 1.165) is 49.4 Å². The lowest BCUT2D eigenvalue weighted by Crippen LogP contribution is -2.46. The van der Waals surface area contributed by atoms with Crippen LogP contribution in [0.3, 0.4) is 0 Å². The first-order valence-corrected chi connectivity index (χ1v) is 10.1. The molecule has 2 N–H and O–H groups in total. The number of para-hydroxylation sites is 1. The second-order valence-corrected chi connectivity index (χ2v) is 8.43. The van der Waals surface area contributed by atoms with Crippen molar-refractivity contribution in [2.75, 3.05) is 19.7 Å². The van der Waals surface area contributed by atoms with E-state index in [2.05, 4.69) is 47.1 Å². The number of aryl methyl sites for hydroxylation is 1. The molecule has 0 bridgehead atoms. The predicted molar refractivity (Wildman–Crippen MR) is 112 cm³/mol. The molecule has 1 fully saturated rings. The number of aromatic nitrogens is 1. The maximum Gasteiger partial charge on any atom is 0.0648 e. The van der Waals surface area contributed by atoms with Crippen LogP contribution in [0.25, 0.3) is 10.9 Å². The number of hydrogen-bond acceptors (Lipinski definition) is 2. The molecule has 4 heteroatoms. The lowest BCUT2D eigenvalue weighted by atomic mass is 9.75. The number of aliphatic hydroxyl groups is 1. The SMILES string of the molecule is Cc1c(CN2CCCC(CO)(Cc3ccccc3)C2)[nH]c2c(Cl)cccc12. The number of H-pyrrole nitrogens is 1. The molecule has 27 heavy (non-hydrogen) atoms. The third-order valence-corrected chi connectivity index (χ3v) is 6.34. The third kappa shape index (κ3) is 3.77. The van der Waals surface area contributed by atoms with Crippen LogP contribution >= 0.6 is 11.6 Å². The van der Waals surface area contributed by atoms with Crippen molar-refractivity contribution >= 4 is 22.5 Å². The zero-order valence-corrected chi connectivity index (χ0v) is 16.6. The van der Waals surface area contributed by atoms with Gasteiger partial charge in [-0.1, -0.05) is 54.1 Å². The molecule has 4 rings (SSSR count). The highest BCUT2D eigenvalue weighted by molar-refractivity contribution is 6.35. The van der Waals surface area contributed by atoms with Crippen LogP contribution in [0.4, 0.5) is 0 Å². The first kappa shape index (κ1) is 18.5. The van der Waals surface area contributed by atoms with Crippen LogP contribution in [0.2, 0.25) is 5.02 Å². The fourth-order valence-electron chi connectivity index (χ4n) is 4.56. The van der Waals surface area contributed by atoms with Crippen LogP contribution in [-0.2, 0) is 13.0 Å². The highest BCUT2D eigenvalue weighted by atomic mass is 35.5. The van der Waals surface area contributed by atoms with E-state index < -0.39 is 0 Å². The molecule has 1 aromatic heterocycles. The number of halogens is 1. The summed E-state index contributed by atoms with van der Waals surface area (Å²) in [7, 11) is 0. The van der Waals surface area contributed by atoms with Gasteiger partial charge in [-0.3, -0.25) is 4.90 Å². The minimum absolute atomic E-state index is 0.0584. The fraction of sp³-hybridized carbons (Fsp3) is 0.391. The summed E-state index contributed by atoms with van der Waals surface area (Å²) < 4.78 is 0. The number of nitrogens with one attached hydrogen (secondary N) is 1. The van der Waals surface area contributed by atoms with Crippen molar-refractivity contribution in [1.29, 1.82) is 0 Å². The van der Waals surface area contributed by atoms with Crippen LogP contribution in [0.5, 0.6) is 0 Å². The zero-order valence-electron chi connectivity index (χ0n) is 15.8. The number of hydrogen-bond donors (Lipinski definition) is 2. The van der Waals surface area contributed by atoms with Crippen LogP contribution < -0.4 is 0 Å². The Hall–Kier alpha value is -1.81. The Morgan fingerprint density at radius 1 is 1.15 bits per heavy atom. The third-order valence-electron chi connectivity index (χ3n) is 6.03. The number of rotatable bonds is 5. The minimum Gasteiger partial charge on any atom is -0.396 e. The van der Waals surface area contributed by atoms with Crippen molar-refractivity contribution in [1.82, 2.24) is 9.88 Å². The van der Waals surface area contributed by atoms with E-state index in [1.807, 2.05) is 18.2 Å². The van der Waals surface area contributed by atoms with Crippen LogP contribution in [0.15, 0.2) is 48.5 Å². The van der Waals surface area contributed by atoms with Gasteiger partial charge in [-0.15, -0.1) is 0 Å². The normalized spacial score (nSPS) is 21.0.